The van der Waals surface area contributed by atoms with Crippen molar-refractivity contribution in [2.45, 2.75) is 4.90 Å². The summed E-state index contributed by atoms with van der Waals surface area (Å²) in [5.74, 6) is -0.572. The van der Waals surface area contributed by atoms with Crippen molar-refractivity contribution < 1.29 is 12.8 Å². The summed E-state index contributed by atoms with van der Waals surface area (Å²) in [7, 11) is -3.94. The lowest BCUT2D eigenvalue weighted by Gasteiger charge is -2.11. The van der Waals surface area contributed by atoms with Gasteiger partial charge in [0.25, 0.3) is 0 Å². The van der Waals surface area contributed by atoms with E-state index in [9.17, 15) is 12.8 Å². The van der Waals surface area contributed by atoms with Crippen molar-refractivity contribution in [2.75, 3.05) is 0 Å². The molecule has 2 N–H and O–H groups in total. The molecule has 122 valence electrons. The van der Waals surface area contributed by atoms with Crippen LogP contribution in [0.4, 0.5) is 4.39 Å². The lowest BCUT2D eigenvalue weighted by atomic mass is 9.99. The van der Waals surface area contributed by atoms with Gasteiger partial charge in [0.1, 0.15) is 5.82 Å². The van der Waals surface area contributed by atoms with Gasteiger partial charge in [0.2, 0.25) is 10.0 Å². The molecule has 7 heteroatoms. The molecule has 0 fully saturated rings. The van der Waals surface area contributed by atoms with Crippen LogP contribution in [-0.2, 0) is 10.0 Å². The van der Waals surface area contributed by atoms with E-state index in [2.05, 4.69) is 20.9 Å². The van der Waals surface area contributed by atoms with Gasteiger partial charge in [-0.2, -0.15) is 0 Å². The Kier molecular flexibility index (Phi) is 4.49. The summed E-state index contributed by atoms with van der Waals surface area (Å²) in [6.45, 7) is 0. The lowest BCUT2D eigenvalue weighted by Crippen LogP contribution is -2.12. The van der Waals surface area contributed by atoms with Crippen LogP contribution in [0.2, 0.25) is 0 Å². The van der Waals surface area contributed by atoms with E-state index in [-0.39, 0.29) is 10.5 Å². The van der Waals surface area contributed by atoms with E-state index in [1.807, 2.05) is 24.3 Å². The van der Waals surface area contributed by atoms with E-state index < -0.39 is 15.8 Å². The predicted molar refractivity (Wildman–Crippen MR) is 94.1 cm³/mol. The Labute approximate surface area is 147 Å². The maximum Gasteiger partial charge on any atom is 0.238 e. The minimum absolute atomic E-state index is 0.0806. The number of primary sulfonamides is 1. The van der Waals surface area contributed by atoms with Crippen LogP contribution in [0, 0.1) is 5.82 Å². The molecule has 3 aromatic rings. The minimum Gasteiger partial charge on any atom is -0.255 e. The van der Waals surface area contributed by atoms with Crippen LogP contribution in [0.5, 0.6) is 0 Å². The maximum atomic E-state index is 14.3. The fourth-order valence-electron chi connectivity index (χ4n) is 2.37. The fourth-order valence-corrected chi connectivity index (χ4v) is 3.31. The van der Waals surface area contributed by atoms with Crippen molar-refractivity contribution in [3.63, 3.8) is 0 Å². The zero-order chi connectivity index (χ0) is 17.3. The largest absolute Gasteiger partial charge is 0.255 e. The summed E-state index contributed by atoms with van der Waals surface area (Å²) >= 11 is 3.40. The van der Waals surface area contributed by atoms with Crippen molar-refractivity contribution in [3.8, 4) is 22.4 Å². The molecule has 0 aliphatic rings. The number of hydrogen-bond donors (Lipinski definition) is 1. The molecule has 0 spiro atoms. The van der Waals surface area contributed by atoms with Crippen LogP contribution in [0.25, 0.3) is 22.4 Å². The van der Waals surface area contributed by atoms with Crippen molar-refractivity contribution >= 4 is 26.0 Å². The van der Waals surface area contributed by atoms with Gasteiger partial charge < -0.3 is 0 Å². The summed E-state index contributed by atoms with van der Waals surface area (Å²) in [6, 6.07) is 14.4. The van der Waals surface area contributed by atoms with E-state index in [4.69, 9.17) is 5.14 Å². The van der Waals surface area contributed by atoms with Gasteiger partial charge in [0.15, 0.2) is 0 Å². The number of sulfonamides is 1. The van der Waals surface area contributed by atoms with Crippen molar-refractivity contribution in [2.24, 2.45) is 5.14 Å². The summed E-state index contributed by atoms with van der Waals surface area (Å²) in [5.41, 5.74) is 1.94. The van der Waals surface area contributed by atoms with Crippen LogP contribution in [-0.4, -0.2) is 13.4 Å². The molecule has 0 saturated heterocycles. The summed E-state index contributed by atoms with van der Waals surface area (Å²) in [4.78, 5) is 4.09. The fraction of sp³-hybridized carbons (Fsp3) is 0. The Hall–Kier alpha value is -2.09. The van der Waals surface area contributed by atoms with E-state index >= 15 is 0 Å². The second-order valence-electron chi connectivity index (χ2n) is 5.10. The molecule has 0 atom stereocenters. The van der Waals surface area contributed by atoms with Crippen LogP contribution < -0.4 is 5.14 Å². The van der Waals surface area contributed by atoms with E-state index in [1.165, 1.54) is 12.3 Å². The molecule has 1 aromatic heterocycles. The Morgan fingerprint density at radius 2 is 1.79 bits per heavy atom. The number of nitrogens with two attached hydrogens (primary N) is 1. The Morgan fingerprint density at radius 1 is 1.00 bits per heavy atom. The van der Waals surface area contributed by atoms with Gasteiger partial charge in [0, 0.05) is 21.8 Å². The molecule has 0 unspecified atom stereocenters. The van der Waals surface area contributed by atoms with Crippen LogP contribution in [0.3, 0.4) is 0 Å². The first-order chi connectivity index (χ1) is 11.4. The number of nitrogens with zero attached hydrogens (tertiary/aromatic N) is 1. The van der Waals surface area contributed by atoms with Gasteiger partial charge in [-0.05, 0) is 42.0 Å². The van der Waals surface area contributed by atoms with Gasteiger partial charge in [-0.3, -0.25) is 4.98 Å². The SMILES string of the molecule is NS(=O)(=O)c1ccc(F)c(-c2ncccc2-c2cccc(Br)c2)c1. The highest BCUT2D eigenvalue weighted by Gasteiger charge is 2.17. The highest BCUT2D eigenvalue weighted by atomic mass is 79.9. The third-order valence-corrected chi connectivity index (χ3v) is 4.87. The molecule has 0 bridgehead atoms. The highest BCUT2D eigenvalue weighted by molar-refractivity contribution is 9.10. The van der Waals surface area contributed by atoms with Crippen molar-refractivity contribution in [3.05, 3.63) is 71.1 Å². The average Bonchev–Trinajstić information content (AvgIpc) is 2.54. The smallest absolute Gasteiger partial charge is 0.238 e. The second-order valence-corrected chi connectivity index (χ2v) is 7.57. The predicted octanol–water partition coefficient (Wildman–Crippen LogP) is 3.96. The van der Waals surface area contributed by atoms with Gasteiger partial charge >= 0.3 is 0 Å². The number of hydrogen-bond acceptors (Lipinski definition) is 3. The molecule has 4 nitrogen and oxygen atoms in total. The third-order valence-electron chi connectivity index (χ3n) is 3.46. The third kappa shape index (κ3) is 3.38. The standard InChI is InChI=1S/C17H12BrFN2O2S/c18-12-4-1-3-11(9-12)14-5-2-8-21-17(14)15-10-13(24(20,22)23)6-7-16(15)19/h1-10H,(H2,20,22,23). The topological polar surface area (TPSA) is 73.1 Å². The maximum absolute atomic E-state index is 14.3. The number of halogens is 2. The molecular formula is C17H12BrFN2O2S. The van der Waals surface area contributed by atoms with E-state index in [1.54, 1.807) is 12.1 Å². The zero-order valence-electron chi connectivity index (χ0n) is 12.3. The number of rotatable bonds is 3. The van der Waals surface area contributed by atoms with E-state index in [0.29, 0.717) is 11.3 Å². The van der Waals surface area contributed by atoms with Crippen LogP contribution in [0.1, 0.15) is 0 Å². The molecule has 3 rings (SSSR count). The summed E-state index contributed by atoms with van der Waals surface area (Å²) < 4.78 is 38.3. The molecule has 2 aromatic carbocycles. The Balaban J connectivity index is 2.25. The first-order valence-electron chi connectivity index (χ1n) is 6.90. The van der Waals surface area contributed by atoms with Gasteiger partial charge in [-0.1, -0.05) is 34.1 Å². The highest BCUT2D eigenvalue weighted by Crippen LogP contribution is 2.33. The van der Waals surface area contributed by atoms with Crippen LogP contribution in [0.15, 0.2) is 70.2 Å². The monoisotopic (exact) mass is 406 g/mol. The Morgan fingerprint density at radius 3 is 2.50 bits per heavy atom. The van der Waals surface area contributed by atoms with Gasteiger partial charge in [-0.15, -0.1) is 0 Å². The molecule has 0 radical (unpaired) electrons. The lowest BCUT2D eigenvalue weighted by molar-refractivity contribution is 0.596. The minimum atomic E-state index is -3.94. The molecule has 0 aliphatic heterocycles. The first-order valence-corrected chi connectivity index (χ1v) is 9.24. The first kappa shape index (κ1) is 16.8. The van der Waals surface area contributed by atoms with Gasteiger partial charge in [0.05, 0.1) is 10.6 Å². The summed E-state index contributed by atoms with van der Waals surface area (Å²) in [5, 5.41) is 5.15. The van der Waals surface area contributed by atoms with Gasteiger partial charge in [-0.25, -0.2) is 17.9 Å². The number of pyridine rings is 1. The molecule has 1 heterocycles. The normalized spacial score (nSPS) is 11.5. The molecule has 0 amide bonds. The number of benzene rings is 2. The van der Waals surface area contributed by atoms with Crippen LogP contribution >= 0.6 is 15.9 Å². The Bertz CT molecular complexity index is 1020. The van der Waals surface area contributed by atoms with Crippen molar-refractivity contribution in [1.82, 2.24) is 4.98 Å². The quantitative estimate of drug-likeness (QED) is 0.714. The van der Waals surface area contributed by atoms with E-state index in [0.717, 1.165) is 22.2 Å². The second kappa shape index (κ2) is 6.43. The molecular weight excluding hydrogens is 395 g/mol. The number of aromatic nitrogens is 1. The summed E-state index contributed by atoms with van der Waals surface area (Å²) in [6.07, 6.45) is 1.53. The molecule has 24 heavy (non-hydrogen) atoms. The van der Waals surface area contributed by atoms with Crippen molar-refractivity contribution in [1.29, 1.82) is 0 Å². The average molecular weight is 407 g/mol. The molecule has 0 aliphatic carbocycles. The zero-order valence-corrected chi connectivity index (χ0v) is 14.7. The molecule has 0 saturated carbocycles.